The van der Waals surface area contributed by atoms with Crippen molar-refractivity contribution in [2.24, 2.45) is 5.73 Å². The zero-order valence-electron chi connectivity index (χ0n) is 8.19. The van der Waals surface area contributed by atoms with Crippen LogP contribution < -0.4 is 5.73 Å². The van der Waals surface area contributed by atoms with E-state index in [1.807, 2.05) is 0 Å². The Labute approximate surface area is 82.8 Å². The fourth-order valence-electron chi connectivity index (χ4n) is 0.996. The van der Waals surface area contributed by atoms with E-state index >= 15 is 0 Å². The molecular formula is C7H14N4O2S. The predicted molar refractivity (Wildman–Crippen MR) is 52.4 cm³/mol. The predicted octanol–water partition coefficient (Wildman–Crippen LogP) is -0.452. The number of rotatable bonds is 4. The fraction of sp³-hybridized carbons (Fsp3) is 0.714. The molecule has 1 aromatic heterocycles. The Kier molecular flexibility index (Phi) is 3.22. The molecule has 3 N–H and O–H groups in total. The minimum atomic E-state index is -2.97. The van der Waals surface area contributed by atoms with Crippen molar-refractivity contribution in [3.63, 3.8) is 0 Å². The summed E-state index contributed by atoms with van der Waals surface area (Å²) in [6, 6.07) is -0.422. The molecule has 0 fully saturated rings. The number of aryl methyl sites for hydroxylation is 1. The van der Waals surface area contributed by atoms with Crippen molar-refractivity contribution in [1.82, 2.24) is 15.2 Å². The van der Waals surface area contributed by atoms with Gasteiger partial charge in [0.05, 0.1) is 11.8 Å². The summed E-state index contributed by atoms with van der Waals surface area (Å²) in [5.74, 6) is 1.20. The third-order valence-corrected chi connectivity index (χ3v) is 2.72. The minimum absolute atomic E-state index is 0.0573. The van der Waals surface area contributed by atoms with Gasteiger partial charge >= 0.3 is 0 Å². The van der Waals surface area contributed by atoms with Crippen molar-refractivity contribution < 1.29 is 8.42 Å². The van der Waals surface area contributed by atoms with Gasteiger partial charge in [-0.05, 0) is 13.3 Å². The van der Waals surface area contributed by atoms with E-state index in [0.29, 0.717) is 18.1 Å². The number of aromatic amines is 1. The van der Waals surface area contributed by atoms with Crippen LogP contribution in [0.1, 0.15) is 24.1 Å². The Bertz CT molecular complexity index is 398. The number of nitrogens with two attached hydrogens (primary N) is 1. The maximum absolute atomic E-state index is 10.9. The van der Waals surface area contributed by atoms with Crippen LogP contribution in [0.4, 0.5) is 0 Å². The second-order valence-electron chi connectivity index (χ2n) is 3.30. The molecule has 1 atom stereocenters. The molecule has 0 bridgehead atoms. The van der Waals surface area contributed by atoms with E-state index in [9.17, 15) is 8.42 Å². The monoisotopic (exact) mass is 218 g/mol. The summed E-state index contributed by atoms with van der Waals surface area (Å²) in [6.07, 6.45) is 1.53. The number of nitrogens with zero attached hydrogens (tertiary/aromatic N) is 2. The summed E-state index contributed by atoms with van der Waals surface area (Å²) in [5, 5.41) is 6.52. The lowest BCUT2D eigenvalue weighted by atomic mass is 10.2. The minimum Gasteiger partial charge on any atom is -0.321 e. The van der Waals surface area contributed by atoms with Gasteiger partial charge in [0.1, 0.15) is 15.7 Å². The summed E-state index contributed by atoms with van der Waals surface area (Å²) in [7, 11) is -2.97. The van der Waals surface area contributed by atoms with Gasteiger partial charge in [-0.1, -0.05) is 0 Å². The van der Waals surface area contributed by atoms with E-state index in [-0.39, 0.29) is 5.75 Å². The highest BCUT2D eigenvalue weighted by Crippen LogP contribution is 2.09. The third-order valence-electron chi connectivity index (χ3n) is 1.75. The zero-order chi connectivity index (χ0) is 10.8. The first kappa shape index (κ1) is 11.1. The topological polar surface area (TPSA) is 102 Å². The molecule has 1 rings (SSSR count). The van der Waals surface area contributed by atoms with E-state index in [2.05, 4.69) is 15.2 Å². The van der Waals surface area contributed by atoms with Gasteiger partial charge in [-0.25, -0.2) is 13.4 Å². The maximum atomic E-state index is 10.9. The zero-order valence-corrected chi connectivity index (χ0v) is 9.00. The maximum Gasteiger partial charge on any atom is 0.167 e. The molecule has 1 aromatic rings. The van der Waals surface area contributed by atoms with Crippen LogP contribution in [0.15, 0.2) is 0 Å². The molecule has 0 saturated heterocycles. The number of H-pyrrole nitrogens is 1. The second-order valence-corrected chi connectivity index (χ2v) is 5.56. The van der Waals surface area contributed by atoms with Crippen molar-refractivity contribution in [2.75, 3.05) is 12.0 Å². The molecular weight excluding hydrogens is 204 g/mol. The molecule has 0 amide bonds. The molecule has 7 heteroatoms. The highest BCUT2D eigenvalue weighted by atomic mass is 32.2. The molecule has 0 saturated carbocycles. The number of sulfone groups is 1. The summed E-state index contributed by atoms with van der Waals surface area (Å²) in [5.41, 5.74) is 5.71. The molecule has 0 spiro atoms. The average molecular weight is 218 g/mol. The molecule has 14 heavy (non-hydrogen) atoms. The van der Waals surface area contributed by atoms with Crippen LogP contribution in [0.25, 0.3) is 0 Å². The Hall–Kier alpha value is -0.950. The lowest BCUT2D eigenvalue weighted by molar-refractivity contribution is 0.587. The van der Waals surface area contributed by atoms with Gasteiger partial charge in [0, 0.05) is 6.26 Å². The third kappa shape index (κ3) is 3.43. The van der Waals surface area contributed by atoms with Gasteiger partial charge in [-0.2, -0.15) is 5.10 Å². The van der Waals surface area contributed by atoms with Crippen LogP contribution in [-0.4, -0.2) is 35.6 Å². The van der Waals surface area contributed by atoms with E-state index in [4.69, 9.17) is 5.73 Å². The van der Waals surface area contributed by atoms with Gasteiger partial charge in [-0.15, -0.1) is 0 Å². The molecule has 80 valence electrons. The first-order valence-electron chi connectivity index (χ1n) is 4.20. The van der Waals surface area contributed by atoms with Gasteiger partial charge in [0.2, 0.25) is 0 Å². The number of aromatic nitrogens is 3. The van der Waals surface area contributed by atoms with Crippen molar-refractivity contribution in [3.8, 4) is 0 Å². The highest BCUT2D eigenvalue weighted by Gasteiger charge is 2.13. The lowest BCUT2D eigenvalue weighted by Crippen LogP contribution is -2.17. The quantitative estimate of drug-likeness (QED) is 0.712. The first-order chi connectivity index (χ1) is 6.38. The summed E-state index contributed by atoms with van der Waals surface area (Å²) >= 11 is 0. The van der Waals surface area contributed by atoms with Crippen molar-refractivity contribution in [2.45, 2.75) is 19.4 Å². The smallest absolute Gasteiger partial charge is 0.167 e. The van der Waals surface area contributed by atoms with Crippen molar-refractivity contribution in [1.29, 1.82) is 0 Å². The molecule has 1 unspecified atom stereocenters. The molecule has 0 aliphatic heterocycles. The lowest BCUT2D eigenvalue weighted by Gasteiger charge is -2.05. The molecule has 0 aliphatic rings. The second kappa shape index (κ2) is 4.05. The summed E-state index contributed by atoms with van der Waals surface area (Å²) in [6.45, 7) is 1.76. The molecule has 0 aromatic carbocycles. The number of nitrogens with one attached hydrogen (secondary N) is 1. The van der Waals surface area contributed by atoms with E-state index in [1.165, 1.54) is 6.26 Å². The molecule has 6 nitrogen and oxygen atoms in total. The van der Waals surface area contributed by atoms with Crippen LogP contribution in [0.2, 0.25) is 0 Å². The van der Waals surface area contributed by atoms with E-state index in [1.54, 1.807) is 6.92 Å². The van der Waals surface area contributed by atoms with Crippen molar-refractivity contribution >= 4 is 9.84 Å². The van der Waals surface area contributed by atoms with Crippen LogP contribution in [0, 0.1) is 6.92 Å². The van der Waals surface area contributed by atoms with Gasteiger partial charge < -0.3 is 5.73 Å². The fourth-order valence-corrected chi connectivity index (χ4v) is 1.68. The van der Waals surface area contributed by atoms with Crippen LogP contribution >= 0.6 is 0 Å². The molecule has 0 aliphatic carbocycles. The van der Waals surface area contributed by atoms with Crippen LogP contribution in [0.5, 0.6) is 0 Å². The molecule has 0 radical (unpaired) electrons. The van der Waals surface area contributed by atoms with Crippen LogP contribution in [-0.2, 0) is 9.84 Å². The largest absolute Gasteiger partial charge is 0.321 e. The Balaban J connectivity index is 2.55. The number of hydrogen-bond acceptors (Lipinski definition) is 5. The van der Waals surface area contributed by atoms with Gasteiger partial charge in [0.25, 0.3) is 0 Å². The Morgan fingerprint density at radius 3 is 2.64 bits per heavy atom. The highest BCUT2D eigenvalue weighted by molar-refractivity contribution is 7.90. The SMILES string of the molecule is Cc1nc(C(N)CCS(C)(=O)=O)n[nH]1. The average Bonchev–Trinajstić information content (AvgIpc) is 2.46. The standard InChI is InChI=1S/C7H14N4O2S/c1-5-9-7(11-10-5)6(8)3-4-14(2,12)13/h6H,3-4,8H2,1-2H3,(H,9,10,11). The normalized spacial score (nSPS) is 14.2. The van der Waals surface area contributed by atoms with E-state index in [0.717, 1.165) is 0 Å². The summed E-state index contributed by atoms with van der Waals surface area (Å²) < 4.78 is 21.7. The Morgan fingerprint density at radius 1 is 1.57 bits per heavy atom. The Morgan fingerprint density at radius 2 is 2.21 bits per heavy atom. The number of hydrogen-bond donors (Lipinski definition) is 2. The van der Waals surface area contributed by atoms with Gasteiger partial charge in [0.15, 0.2) is 5.82 Å². The molecule has 1 heterocycles. The van der Waals surface area contributed by atoms with Crippen LogP contribution in [0.3, 0.4) is 0 Å². The van der Waals surface area contributed by atoms with Crippen molar-refractivity contribution in [3.05, 3.63) is 11.6 Å². The van der Waals surface area contributed by atoms with E-state index < -0.39 is 15.9 Å². The van der Waals surface area contributed by atoms with Gasteiger partial charge in [-0.3, -0.25) is 5.10 Å². The first-order valence-corrected chi connectivity index (χ1v) is 6.27. The summed E-state index contributed by atoms with van der Waals surface area (Å²) in [4.78, 5) is 4.02.